The number of hydrogen-bond donors (Lipinski definition) is 4. The minimum absolute atomic E-state index is 0.153. The topological polar surface area (TPSA) is 84.8 Å². The third-order valence-corrected chi connectivity index (χ3v) is 7.09. The van der Waals surface area contributed by atoms with Crippen LogP contribution in [0.25, 0.3) is 0 Å². The average Bonchev–Trinajstić information content (AvgIpc) is 3.44. The van der Waals surface area contributed by atoms with E-state index in [1.807, 2.05) is 0 Å². The number of allylic oxidation sites excluding steroid dienone is 1. The first-order valence-corrected chi connectivity index (χ1v) is 10.7. The van der Waals surface area contributed by atoms with Gasteiger partial charge in [-0.25, -0.2) is 17.4 Å². The van der Waals surface area contributed by atoms with Crippen LogP contribution in [0.5, 0.6) is 0 Å². The number of nitrogens with one attached hydrogen (secondary N) is 2. The second kappa shape index (κ2) is 8.24. The van der Waals surface area contributed by atoms with Crippen LogP contribution >= 0.6 is 0 Å². The monoisotopic (exact) mass is 445 g/mol. The van der Waals surface area contributed by atoms with E-state index in [-0.39, 0.29) is 17.2 Å². The van der Waals surface area contributed by atoms with Crippen molar-refractivity contribution < 1.29 is 27.6 Å². The van der Waals surface area contributed by atoms with E-state index in [4.69, 9.17) is 5.11 Å². The van der Waals surface area contributed by atoms with Gasteiger partial charge in [-0.15, -0.1) is 0 Å². The molecule has 0 spiro atoms. The van der Waals surface area contributed by atoms with Crippen LogP contribution in [0, 0.1) is 12.7 Å². The van der Waals surface area contributed by atoms with Crippen molar-refractivity contribution in [3.8, 4) is 0 Å². The quantitative estimate of drug-likeness (QED) is 0.495. The van der Waals surface area contributed by atoms with Gasteiger partial charge in [0, 0.05) is 13.5 Å². The van der Waals surface area contributed by atoms with Crippen LogP contribution in [0.4, 0.5) is 18.9 Å². The van der Waals surface area contributed by atoms with Gasteiger partial charge in [0.25, 0.3) is 5.92 Å². The predicted octanol–water partition coefficient (Wildman–Crippen LogP) is 2.73. The summed E-state index contributed by atoms with van der Waals surface area (Å²) in [6, 6.07) is 4.61. The second-order valence-electron chi connectivity index (χ2n) is 7.99. The molecule has 1 fully saturated rings. The van der Waals surface area contributed by atoms with Gasteiger partial charge in [0.1, 0.15) is 35.5 Å². The van der Waals surface area contributed by atoms with Crippen LogP contribution in [0.1, 0.15) is 31.7 Å². The first-order chi connectivity index (χ1) is 14.0. The molecule has 3 rings (SSSR count). The Hall–Kier alpha value is -2.04. The summed E-state index contributed by atoms with van der Waals surface area (Å²) < 4.78 is 56.3. The Bertz CT molecular complexity index is 916. The van der Waals surface area contributed by atoms with E-state index >= 15 is 0 Å². The fraction of sp³-hybridized carbons (Fsp3) is 0.500. The molecule has 0 amide bonds. The van der Waals surface area contributed by atoms with Crippen LogP contribution in [-0.2, 0) is 11.0 Å². The molecule has 1 aliphatic heterocycles. The summed E-state index contributed by atoms with van der Waals surface area (Å²) >= 11 is 0. The molecule has 0 bridgehead atoms. The van der Waals surface area contributed by atoms with Crippen molar-refractivity contribution in [2.75, 3.05) is 19.0 Å². The Morgan fingerprint density at radius 3 is 2.57 bits per heavy atom. The lowest BCUT2D eigenvalue weighted by atomic mass is 10.1. The zero-order chi connectivity index (χ0) is 22.3. The number of aliphatic hydroxyl groups excluding tert-OH is 2. The maximum atomic E-state index is 14.4. The highest BCUT2D eigenvalue weighted by Gasteiger charge is 2.55. The molecule has 2 unspecified atom stereocenters. The number of anilines is 1. The first kappa shape index (κ1) is 22.6. The van der Waals surface area contributed by atoms with E-state index in [1.54, 1.807) is 39.1 Å². The fourth-order valence-electron chi connectivity index (χ4n) is 3.37. The molecule has 30 heavy (non-hydrogen) atoms. The van der Waals surface area contributed by atoms with Crippen molar-refractivity contribution in [2.24, 2.45) is 0 Å². The van der Waals surface area contributed by atoms with Gasteiger partial charge in [-0.2, -0.15) is 0 Å². The van der Waals surface area contributed by atoms with E-state index in [0.29, 0.717) is 18.4 Å². The Morgan fingerprint density at radius 1 is 1.33 bits per heavy atom. The standard InChI is InChI=1S/C20H26F3N3O3S/c1-12-4-5-15(14(21)8-12)24-17-16(9-13(2)18(28)26(17)3)25-30(29)19(6-7-19)10-20(22,23)11-27/h4-5,8-9,18,24-25,27-28H,6-7,10-11H2,1-3H3. The average molecular weight is 446 g/mol. The summed E-state index contributed by atoms with van der Waals surface area (Å²) in [7, 11) is -0.303. The Kier molecular flexibility index (Phi) is 6.22. The number of alkyl halides is 2. The number of benzene rings is 1. The molecule has 2 atom stereocenters. The van der Waals surface area contributed by atoms with Crippen molar-refractivity contribution in [3.05, 3.63) is 52.7 Å². The summed E-state index contributed by atoms with van der Waals surface area (Å²) in [6.07, 6.45) is 0.545. The van der Waals surface area contributed by atoms with Crippen molar-refractivity contribution >= 4 is 16.7 Å². The number of hydrogen-bond acceptors (Lipinski definition) is 5. The van der Waals surface area contributed by atoms with Gasteiger partial charge in [0.05, 0.1) is 16.1 Å². The van der Waals surface area contributed by atoms with Crippen LogP contribution in [0.15, 0.2) is 41.4 Å². The van der Waals surface area contributed by atoms with Gasteiger partial charge in [-0.05, 0) is 56.0 Å². The van der Waals surface area contributed by atoms with Crippen molar-refractivity contribution in [2.45, 2.75) is 50.0 Å². The summed E-state index contributed by atoms with van der Waals surface area (Å²) in [5.41, 5.74) is 1.72. The summed E-state index contributed by atoms with van der Waals surface area (Å²) in [5, 5.41) is 22.2. The smallest absolute Gasteiger partial charge is 0.272 e. The molecule has 1 saturated carbocycles. The molecule has 2 aliphatic rings. The maximum absolute atomic E-state index is 14.4. The van der Waals surface area contributed by atoms with Crippen LogP contribution < -0.4 is 10.0 Å². The highest BCUT2D eigenvalue weighted by molar-refractivity contribution is 7.85. The van der Waals surface area contributed by atoms with Gasteiger partial charge in [0.2, 0.25) is 0 Å². The molecule has 10 heteroatoms. The first-order valence-electron chi connectivity index (χ1n) is 9.52. The van der Waals surface area contributed by atoms with E-state index in [2.05, 4.69) is 10.0 Å². The SMILES string of the molecule is CC1=CC(NS(=O)C2(CC(F)(F)CO)CC2)=C(Nc2ccc(C)cc2F)N(C)C1O. The van der Waals surface area contributed by atoms with Crippen molar-refractivity contribution in [1.82, 2.24) is 9.62 Å². The molecule has 6 nitrogen and oxygen atoms in total. The minimum Gasteiger partial charge on any atom is -0.390 e. The fourth-order valence-corrected chi connectivity index (χ4v) is 4.76. The van der Waals surface area contributed by atoms with E-state index in [1.165, 1.54) is 11.0 Å². The highest BCUT2D eigenvalue weighted by atomic mass is 32.2. The van der Waals surface area contributed by atoms with E-state index < -0.39 is 46.7 Å². The second-order valence-corrected chi connectivity index (χ2v) is 9.60. The number of likely N-dealkylation sites (N-methyl/N-ethyl adjacent to an activating group) is 1. The van der Waals surface area contributed by atoms with Gasteiger partial charge < -0.3 is 25.2 Å². The molecular formula is C20H26F3N3O3S. The lowest BCUT2D eigenvalue weighted by Gasteiger charge is -2.35. The molecule has 166 valence electrons. The molecular weight excluding hydrogens is 419 g/mol. The summed E-state index contributed by atoms with van der Waals surface area (Å²) in [6.45, 7) is 2.12. The normalized spacial score (nSPS) is 21.9. The largest absolute Gasteiger partial charge is 0.390 e. The molecule has 1 heterocycles. The molecule has 4 N–H and O–H groups in total. The van der Waals surface area contributed by atoms with Gasteiger partial charge in [0.15, 0.2) is 0 Å². The van der Waals surface area contributed by atoms with Crippen LogP contribution in [0.2, 0.25) is 0 Å². The zero-order valence-electron chi connectivity index (χ0n) is 17.0. The van der Waals surface area contributed by atoms with Gasteiger partial charge >= 0.3 is 0 Å². The lowest BCUT2D eigenvalue weighted by Crippen LogP contribution is -2.42. The molecule has 0 aromatic heterocycles. The van der Waals surface area contributed by atoms with Crippen molar-refractivity contribution in [1.29, 1.82) is 0 Å². The van der Waals surface area contributed by atoms with Crippen LogP contribution in [0.3, 0.4) is 0 Å². The van der Waals surface area contributed by atoms with Crippen molar-refractivity contribution in [3.63, 3.8) is 0 Å². The number of aryl methyl sites for hydroxylation is 1. The summed E-state index contributed by atoms with van der Waals surface area (Å²) in [4.78, 5) is 1.44. The maximum Gasteiger partial charge on any atom is 0.272 e. The third kappa shape index (κ3) is 4.65. The number of nitrogens with zero attached hydrogens (tertiary/aromatic N) is 1. The van der Waals surface area contributed by atoms with E-state index in [9.17, 15) is 22.5 Å². The highest BCUT2D eigenvalue weighted by Crippen LogP contribution is 2.48. The van der Waals surface area contributed by atoms with E-state index in [0.717, 1.165) is 5.56 Å². The molecule has 0 radical (unpaired) electrons. The Morgan fingerprint density at radius 2 is 2.00 bits per heavy atom. The van der Waals surface area contributed by atoms with Crippen LogP contribution in [-0.4, -0.2) is 49.9 Å². The Labute approximate surface area is 176 Å². The summed E-state index contributed by atoms with van der Waals surface area (Å²) in [5.74, 6) is -3.56. The van der Waals surface area contributed by atoms with Gasteiger partial charge in [-0.3, -0.25) is 0 Å². The number of aliphatic hydroxyl groups is 2. The third-order valence-electron chi connectivity index (χ3n) is 5.35. The Balaban J connectivity index is 1.90. The minimum atomic E-state index is -3.32. The number of rotatable bonds is 8. The zero-order valence-corrected chi connectivity index (χ0v) is 17.8. The molecule has 1 aliphatic carbocycles. The predicted molar refractivity (Wildman–Crippen MR) is 109 cm³/mol. The lowest BCUT2D eigenvalue weighted by molar-refractivity contribution is -0.0579. The molecule has 0 saturated heterocycles. The molecule has 1 aromatic carbocycles. The molecule has 1 aromatic rings. The van der Waals surface area contributed by atoms with Gasteiger partial charge in [-0.1, -0.05) is 6.07 Å². The number of halogens is 3.